The van der Waals surface area contributed by atoms with Crippen LogP contribution in [0.25, 0.3) is 11.0 Å². The molecule has 0 fully saturated rings. The number of aromatic nitrogens is 4. The molecule has 6 rings (SSSR count). The number of nitrogens with zero attached hydrogens (tertiary/aromatic N) is 5. The van der Waals surface area contributed by atoms with Gasteiger partial charge in [-0.1, -0.05) is 53.7 Å². The van der Waals surface area contributed by atoms with Crippen LogP contribution in [0.15, 0.2) is 97.3 Å². The fourth-order valence-electron chi connectivity index (χ4n) is 4.56. The highest BCUT2D eigenvalue weighted by molar-refractivity contribution is 5.98. The Kier molecular flexibility index (Phi) is 6.57. The zero-order valence-corrected chi connectivity index (χ0v) is 20.8. The fourth-order valence-corrected chi connectivity index (χ4v) is 4.56. The first-order chi connectivity index (χ1) is 19.2. The van der Waals surface area contributed by atoms with Crippen molar-refractivity contribution in [2.45, 2.75) is 19.1 Å². The molecule has 0 aliphatic carbocycles. The zero-order chi connectivity index (χ0) is 26.6. The van der Waals surface area contributed by atoms with Gasteiger partial charge in [-0.15, -0.1) is 5.10 Å². The quantitative estimate of drug-likeness (QED) is 0.330. The van der Waals surface area contributed by atoms with Gasteiger partial charge in [0.2, 0.25) is 12.7 Å². The summed E-state index contributed by atoms with van der Waals surface area (Å²) in [4.78, 5) is 33.7. The highest BCUT2D eigenvalue weighted by Crippen LogP contribution is 2.35. The van der Waals surface area contributed by atoms with Crippen LogP contribution in [0, 0.1) is 0 Å². The van der Waals surface area contributed by atoms with Crippen LogP contribution in [-0.2, 0) is 22.7 Å². The Morgan fingerprint density at radius 1 is 0.949 bits per heavy atom. The summed E-state index contributed by atoms with van der Waals surface area (Å²) in [6, 6.07) is 24.5. The van der Waals surface area contributed by atoms with Crippen LogP contribution in [-0.4, -0.2) is 43.5 Å². The Labute approximate surface area is 223 Å². The minimum Gasteiger partial charge on any atom is -0.454 e. The molecule has 0 saturated heterocycles. The predicted molar refractivity (Wildman–Crippen MR) is 143 cm³/mol. The van der Waals surface area contributed by atoms with Gasteiger partial charge in [-0.25, -0.2) is 4.68 Å². The molecule has 2 amide bonds. The number of fused-ring (bicyclic) bond motifs is 2. The summed E-state index contributed by atoms with van der Waals surface area (Å²) in [5.74, 6) is 0.483. The summed E-state index contributed by atoms with van der Waals surface area (Å²) < 4.78 is 12.4. The van der Waals surface area contributed by atoms with Crippen LogP contribution in [0.5, 0.6) is 11.5 Å². The Morgan fingerprint density at radius 2 is 1.77 bits per heavy atom. The van der Waals surface area contributed by atoms with Crippen molar-refractivity contribution in [2.75, 3.05) is 12.1 Å². The van der Waals surface area contributed by atoms with E-state index in [1.54, 1.807) is 46.2 Å². The Bertz CT molecular complexity index is 1620. The summed E-state index contributed by atoms with van der Waals surface area (Å²) in [5.41, 5.74) is 3.39. The summed E-state index contributed by atoms with van der Waals surface area (Å²) in [7, 11) is 0. The van der Waals surface area contributed by atoms with Gasteiger partial charge in [0.05, 0.1) is 5.52 Å². The second-order valence-electron chi connectivity index (χ2n) is 8.99. The van der Waals surface area contributed by atoms with Crippen molar-refractivity contribution in [3.05, 3.63) is 108 Å². The van der Waals surface area contributed by atoms with Gasteiger partial charge in [0, 0.05) is 30.7 Å². The van der Waals surface area contributed by atoms with E-state index in [0.717, 1.165) is 11.1 Å². The third-order valence-corrected chi connectivity index (χ3v) is 6.42. The molecule has 5 aromatic rings. The Hall–Kier alpha value is -5.25. The highest BCUT2D eigenvalue weighted by atomic mass is 16.7. The maximum absolute atomic E-state index is 14.0. The molecule has 0 saturated carbocycles. The minimum absolute atomic E-state index is 0.0958. The largest absolute Gasteiger partial charge is 0.454 e. The second-order valence-corrected chi connectivity index (χ2v) is 8.99. The normalized spacial score (nSPS) is 12.7. The average molecular weight is 521 g/mol. The molecular weight excluding hydrogens is 496 g/mol. The van der Waals surface area contributed by atoms with Crippen molar-refractivity contribution < 1.29 is 19.1 Å². The second kappa shape index (κ2) is 10.6. The molecule has 0 bridgehead atoms. The van der Waals surface area contributed by atoms with Crippen LogP contribution in [0.3, 0.4) is 0 Å². The highest BCUT2D eigenvalue weighted by Gasteiger charge is 2.32. The topological polar surface area (TPSA) is 111 Å². The van der Waals surface area contributed by atoms with E-state index in [0.29, 0.717) is 28.3 Å². The van der Waals surface area contributed by atoms with E-state index in [9.17, 15) is 9.59 Å². The van der Waals surface area contributed by atoms with Crippen molar-refractivity contribution in [1.29, 1.82) is 0 Å². The van der Waals surface area contributed by atoms with Crippen LogP contribution >= 0.6 is 0 Å². The van der Waals surface area contributed by atoms with Crippen LogP contribution in [0.2, 0.25) is 0 Å². The fraction of sp³-hybridized carbons (Fsp3) is 0.138. The molecule has 1 atom stereocenters. The molecule has 0 spiro atoms. The van der Waals surface area contributed by atoms with E-state index in [1.165, 1.54) is 0 Å². The van der Waals surface area contributed by atoms with E-state index >= 15 is 0 Å². The lowest BCUT2D eigenvalue weighted by molar-refractivity contribution is -0.140. The molecule has 1 aliphatic rings. The number of hydrogen-bond donors (Lipinski definition) is 1. The lowest BCUT2D eigenvalue weighted by atomic mass is 10.0. The molecular formula is C29H24N6O4. The minimum atomic E-state index is -0.945. The first-order valence-corrected chi connectivity index (χ1v) is 12.4. The van der Waals surface area contributed by atoms with Crippen molar-refractivity contribution in [3.8, 4) is 11.5 Å². The summed E-state index contributed by atoms with van der Waals surface area (Å²) in [6.07, 6.45) is 3.35. The summed E-state index contributed by atoms with van der Waals surface area (Å²) in [5, 5.41) is 11.3. The van der Waals surface area contributed by atoms with Gasteiger partial charge in [-0.2, -0.15) is 0 Å². The van der Waals surface area contributed by atoms with Crippen molar-refractivity contribution in [3.63, 3.8) is 0 Å². The van der Waals surface area contributed by atoms with Crippen LogP contribution < -0.4 is 14.8 Å². The van der Waals surface area contributed by atoms with E-state index < -0.39 is 6.04 Å². The number of ether oxygens (including phenoxy) is 2. The Morgan fingerprint density at radius 3 is 2.62 bits per heavy atom. The number of pyridine rings is 1. The number of benzene rings is 3. The van der Waals surface area contributed by atoms with Gasteiger partial charge in [0.25, 0.3) is 5.91 Å². The maximum atomic E-state index is 14.0. The van der Waals surface area contributed by atoms with E-state index in [1.807, 2.05) is 60.7 Å². The zero-order valence-electron chi connectivity index (χ0n) is 20.8. The van der Waals surface area contributed by atoms with Gasteiger partial charge in [-0.3, -0.25) is 14.6 Å². The van der Waals surface area contributed by atoms with Gasteiger partial charge in [0.1, 0.15) is 18.1 Å². The maximum Gasteiger partial charge on any atom is 0.251 e. The molecule has 3 aromatic carbocycles. The molecule has 10 nitrogen and oxygen atoms in total. The van der Waals surface area contributed by atoms with E-state index in [-0.39, 0.29) is 31.7 Å². The molecule has 1 aliphatic heterocycles. The predicted octanol–water partition coefficient (Wildman–Crippen LogP) is 3.96. The molecule has 2 aromatic heterocycles. The van der Waals surface area contributed by atoms with Crippen LogP contribution in [0.1, 0.15) is 17.2 Å². The first-order valence-electron chi connectivity index (χ1n) is 12.4. The van der Waals surface area contributed by atoms with Gasteiger partial charge in [0.15, 0.2) is 11.5 Å². The summed E-state index contributed by atoms with van der Waals surface area (Å²) in [6.45, 7) is 0.193. The van der Waals surface area contributed by atoms with E-state index in [2.05, 4.69) is 20.6 Å². The number of carbonyl (C=O) groups excluding carboxylic acids is 2. The third kappa shape index (κ3) is 5.12. The number of amides is 2. The van der Waals surface area contributed by atoms with Crippen molar-refractivity contribution in [2.24, 2.45) is 0 Å². The number of para-hydroxylation sites is 1. The van der Waals surface area contributed by atoms with Crippen molar-refractivity contribution >= 4 is 28.5 Å². The number of anilines is 1. The molecule has 1 unspecified atom stereocenters. The number of carbonyl (C=O) groups is 2. The SMILES string of the molecule is O=C(Nc1ccc2c(c1)OCO2)C(c1ccccc1)N(Cc1cccnc1)C(=O)Cn1nnc2ccccc21. The number of hydrogen-bond acceptors (Lipinski definition) is 7. The van der Waals surface area contributed by atoms with Crippen molar-refractivity contribution in [1.82, 2.24) is 24.9 Å². The monoisotopic (exact) mass is 520 g/mol. The lowest BCUT2D eigenvalue weighted by Gasteiger charge is -2.31. The molecule has 1 N–H and O–H groups in total. The molecule has 39 heavy (non-hydrogen) atoms. The van der Waals surface area contributed by atoms with Crippen LogP contribution in [0.4, 0.5) is 5.69 Å². The lowest BCUT2D eigenvalue weighted by Crippen LogP contribution is -2.42. The first kappa shape index (κ1) is 24.1. The van der Waals surface area contributed by atoms with Gasteiger partial charge >= 0.3 is 0 Å². The number of rotatable bonds is 8. The molecule has 0 radical (unpaired) electrons. The molecule has 10 heteroatoms. The van der Waals surface area contributed by atoms with E-state index in [4.69, 9.17) is 9.47 Å². The average Bonchev–Trinajstić information content (AvgIpc) is 3.61. The third-order valence-electron chi connectivity index (χ3n) is 6.42. The molecule has 3 heterocycles. The Balaban J connectivity index is 1.36. The van der Waals surface area contributed by atoms with Gasteiger partial charge < -0.3 is 19.7 Å². The smallest absolute Gasteiger partial charge is 0.251 e. The van der Waals surface area contributed by atoms with Gasteiger partial charge in [-0.05, 0) is 41.5 Å². The standard InChI is InChI=1S/C29H24N6O4/c36-27(18-35-24-11-5-4-10-23(24)32-33-35)34(17-20-7-6-14-30-16-20)28(21-8-2-1-3-9-21)29(37)31-22-12-13-25-26(15-22)39-19-38-25/h1-16,28H,17-19H2,(H,31,37). The number of nitrogens with one attached hydrogen (secondary N) is 1. The summed E-state index contributed by atoms with van der Waals surface area (Å²) >= 11 is 0. The molecule has 194 valence electrons.